The molecule has 7 heteroatoms. The zero-order valence-corrected chi connectivity index (χ0v) is 12.8. The fourth-order valence-electron chi connectivity index (χ4n) is 3.26. The summed E-state index contributed by atoms with van der Waals surface area (Å²) in [4.78, 5) is 16.6. The Balaban J connectivity index is 1.62. The maximum Gasteiger partial charge on any atom is 0.416 e. The smallest absolute Gasteiger partial charge is 0.337 e. The summed E-state index contributed by atoms with van der Waals surface area (Å²) in [5.74, 6) is -0.184. The number of rotatable bonds is 2. The van der Waals surface area contributed by atoms with Gasteiger partial charge in [0.1, 0.15) is 0 Å². The lowest BCUT2D eigenvalue weighted by Crippen LogP contribution is -2.49. The number of hydrogen-bond donors (Lipinski definition) is 1. The molecule has 2 saturated heterocycles. The van der Waals surface area contributed by atoms with Crippen LogP contribution in [-0.2, 0) is 6.18 Å². The van der Waals surface area contributed by atoms with Gasteiger partial charge < -0.3 is 10.2 Å². The van der Waals surface area contributed by atoms with Gasteiger partial charge in [-0.3, -0.25) is 9.69 Å². The topological polar surface area (TPSA) is 35.6 Å². The molecule has 1 unspecified atom stereocenters. The molecule has 0 aliphatic carbocycles. The van der Waals surface area contributed by atoms with Crippen molar-refractivity contribution < 1.29 is 18.0 Å². The van der Waals surface area contributed by atoms with E-state index in [1.807, 2.05) is 0 Å². The van der Waals surface area contributed by atoms with Crippen LogP contribution in [0.3, 0.4) is 0 Å². The van der Waals surface area contributed by atoms with Crippen LogP contribution in [0.2, 0.25) is 0 Å². The minimum atomic E-state index is -4.37. The highest BCUT2D eigenvalue weighted by molar-refractivity contribution is 5.94. The van der Waals surface area contributed by atoms with Crippen molar-refractivity contribution >= 4 is 5.91 Å². The third-order valence-corrected chi connectivity index (χ3v) is 4.58. The van der Waals surface area contributed by atoms with Gasteiger partial charge in [-0.05, 0) is 30.7 Å². The number of benzene rings is 1. The number of nitrogens with one attached hydrogen (secondary N) is 1. The first-order valence-corrected chi connectivity index (χ1v) is 7.86. The molecule has 2 aliphatic rings. The summed E-state index contributed by atoms with van der Waals surface area (Å²) in [5, 5.41) is 3.30. The molecular formula is C16H20F3N3O. The van der Waals surface area contributed by atoms with E-state index in [0.29, 0.717) is 24.7 Å². The van der Waals surface area contributed by atoms with E-state index < -0.39 is 11.7 Å². The normalized spacial score (nSPS) is 23.3. The summed E-state index contributed by atoms with van der Waals surface area (Å²) in [5.41, 5.74) is -0.409. The summed E-state index contributed by atoms with van der Waals surface area (Å²) >= 11 is 0. The maximum atomic E-state index is 12.6. The van der Waals surface area contributed by atoms with Gasteiger partial charge in [-0.25, -0.2) is 0 Å². The zero-order chi connectivity index (χ0) is 16.4. The van der Waals surface area contributed by atoms with Crippen LogP contribution in [-0.4, -0.2) is 61.0 Å². The van der Waals surface area contributed by atoms with Crippen LogP contribution in [0.5, 0.6) is 0 Å². The van der Waals surface area contributed by atoms with Crippen LogP contribution < -0.4 is 5.32 Å². The Labute approximate surface area is 133 Å². The molecular weight excluding hydrogens is 307 g/mol. The van der Waals surface area contributed by atoms with Gasteiger partial charge in [0.25, 0.3) is 5.91 Å². The standard InChI is InChI=1S/C16H20F3N3O/c17-16(18,19)13-3-1-12(2-4-13)15(23)22-8-5-14(11-22)21-9-6-20-7-10-21/h1-4,14,20H,5-11H2. The van der Waals surface area contributed by atoms with Crippen molar-refractivity contribution in [2.24, 2.45) is 0 Å². The number of amides is 1. The molecule has 3 rings (SSSR count). The minimum absolute atomic E-state index is 0.184. The molecule has 0 saturated carbocycles. The van der Waals surface area contributed by atoms with Crippen molar-refractivity contribution in [3.05, 3.63) is 35.4 Å². The van der Waals surface area contributed by atoms with E-state index in [1.54, 1.807) is 4.90 Å². The number of hydrogen-bond acceptors (Lipinski definition) is 3. The second-order valence-corrected chi connectivity index (χ2v) is 6.05. The predicted octanol–water partition coefficient (Wildman–Crippen LogP) is 1.83. The van der Waals surface area contributed by atoms with E-state index in [9.17, 15) is 18.0 Å². The molecule has 1 N–H and O–H groups in total. The molecule has 1 amide bonds. The van der Waals surface area contributed by atoms with Crippen molar-refractivity contribution in [2.45, 2.75) is 18.6 Å². The van der Waals surface area contributed by atoms with Crippen LogP contribution >= 0.6 is 0 Å². The number of nitrogens with zero attached hydrogens (tertiary/aromatic N) is 2. The third-order valence-electron chi connectivity index (χ3n) is 4.58. The molecule has 126 valence electrons. The third kappa shape index (κ3) is 3.67. The summed E-state index contributed by atoms with van der Waals surface area (Å²) in [6.07, 6.45) is -3.45. The fourth-order valence-corrected chi connectivity index (χ4v) is 3.26. The van der Waals surface area contributed by atoms with Gasteiger partial charge in [-0.15, -0.1) is 0 Å². The van der Waals surface area contributed by atoms with Gasteiger partial charge in [0.05, 0.1) is 5.56 Å². The van der Waals surface area contributed by atoms with Crippen LogP contribution in [0.25, 0.3) is 0 Å². The number of alkyl halides is 3. The van der Waals surface area contributed by atoms with Gasteiger partial charge in [0.15, 0.2) is 0 Å². The monoisotopic (exact) mass is 327 g/mol. The predicted molar refractivity (Wildman–Crippen MR) is 80.2 cm³/mol. The molecule has 1 aromatic rings. The second-order valence-electron chi connectivity index (χ2n) is 6.05. The van der Waals surface area contributed by atoms with Crippen molar-refractivity contribution in [1.29, 1.82) is 0 Å². The molecule has 4 nitrogen and oxygen atoms in total. The highest BCUT2D eigenvalue weighted by atomic mass is 19.4. The number of likely N-dealkylation sites (tertiary alicyclic amines) is 1. The van der Waals surface area contributed by atoms with Crippen LogP contribution in [0, 0.1) is 0 Å². The molecule has 23 heavy (non-hydrogen) atoms. The van der Waals surface area contributed by atoms with E-state index in [0.717, 1.165) is 44.7 Å². The van der Waals surface area contributed by atoms with E-state index in [2.05, 4.69) is 10.2 Å². The highest BCUT2D eigenvalue weighted by Crippen LogP contribution is 2.29. The highest BCUT2D eigenvalue weighted by Gasteiger charge is 2.33. The van der Waals surface area contributed by atoms with Gasteiger partial charge in [0.2, 0.25) is 0 Å². The Morgan fingerprint density at radius 2 is 1.74 bits per heavy atom. The maximum absolute atomic E-state index is 12.6. The van der Waals surface area contributed by atoms with Crippen molar-refractivity contribution in [2.75, 3.05) is 39.3 Å². The Morgan fingerprint density at radius 3 is 2.35 bits per heavy atom. The first-order chi connectivity index (χ1) is 10.9. The van der Waals surface area contributed by atoms with Gasteiger partial charge in [-0.1, -0.05) is 0 Å². The zero-order valence-electron chi connectivity index (χ0n) is 12.8. The van der Waals surface area contributed by atoms with Crippen molar-refractivity contribution in [3.8, 4) is 0 Å². The molecule has 2 fully saturated rings. The summed E-state index contributed by atoms with van der Waals surface area (Å²) < 4.78 is 37.7. The average molecular weight is 327 g/mol. The lowest BCUT2D eigenvalue weighted by Gasteiger charge is -2.32. The molecule has 2 aliphatic heterocycles. The number of carbonyl (C=O) groups excluding carboxylic acids is 1. The van der Waals surface area contributed by atoms with Crippen LogP contribution in [0.4, 0.5) is 13.2 Å². The summed E-state index contributed by atoms with van der Waals surface area (Å²) in [7, 11) is 0. The molecule has 1 atom stereocenters. The molecule has 0 aromatic heterocycles. The van der Waals surface area contributed by atoms with Gasteiger partial charge in [-0.2, -0.15) is 13.2 Å². The van der Waals surface area contributed by atoms with Crippen LogP contribution in [0.15, 0.2) is 24.3 Å². The fraction of sp³-hybridized carbons (Fsp3) is 0.562. The lowest BCUT2D eigenvalue weighted by molar-refractivity contribution is -0.137. The number of piperazine rings is 1. The summed E-state index contributed by atoms with van der Waals surface area (Å²) in [6.45, 7) is 5.20. The van der Waals surface area contributed by atoms with Crippen molar-refractivity contribution in [3.63, 3.8) is 0 Å². The minimum Gasteiger partial charge on any atom is -0.337 e. The Morgan fingerprint density at radius 1 is 1.09 bits per heavy atom. The number of carbonyl (C=O) groups is 1. The molecule has 2 heterocycles. The van der Waals surface area contributed by atoms with E-state index in [-0.39, 0.29) is 5.91 Å². The molecule has 0 bridgehead atoms. The largest absolute Gasteiger partial charge is 0.416 e. The Hall–Kier alpha value is -1.60. The van der Waals surface area contributed by atoms with Gasteiger partial charge >= 0.3 is 6.18 Å². The number of halogens is 3. The lowest BCUT2D eigenvalue weighted by atomic mass is 10.1. The molecule has 1 aromatic carbocycles. The van der Waals surface area contributed by atoms with E-state index in [4.69, 9.17) is 0 Å². The summed E-state index contributed by atoms with van der Waals surface area (Å²) in [6, 6.07) is 4.83. The van der Waals surface area contributed by atoms with E-state index in [1.165, 1.54) is 12.1 Å². The SMILES string of the molecule is O=C(c1ccc(C(F)(F)F)cc1)N1CCC(N2CCNCC2)C1. The van der Waals surface area contributed by atoms with Crippen molar-refractivity contribution in [1.82, 2.24) is 15.1 Å². The van der Waals surface area contributed by atoms with E-state index >= 15 is 0 Å². The Kier molecular flexibility index (Phi) is 4.59. The molecule has 0 spiro atoms. The first-order valence-electron chi connectivity index (χ1n) is 7.86. The average Bonchev–Trinajstić information content (AvgIpc) is 3.04. The molecule has 0 radical (unpaired) electrons. The van der Waals surface area contributed by atoms with Gasteiger partial charge in [0, 0.05) is 50.9 Å². The first kappa shape index (κ1) is 16.3. The quantitative estimate of drug-likeness (QED) is 0.900. The Bertz CT molecular complexity index is 553. The van der Waals surface area contributed by atoms with Crippen LogP contribution in [0.1, 0.15) is 22.3 Å². The second kappa shape index (κ2) is 6.49.